The number of fused-ring (bicyclic) bond motifs is 1. The van der Waals surface area contributed by atoms with E-state index in [1.165, 1.54) is 12.1 Å². The van der Waals surface area contributed by atoms with Crippen LogP contribution >= 0.6 is 0 Å². The minimum atomic E-state index is -0.669. The summed E-state index contributed by atoms with van der Waals surface area (Å²) in [5.74, 6) is -0.640. The maximum absolute atomic E-state index is 13.2. The summed E-state index contributed by atoms with van der Waals surface area (Å²) in [4.78, 5) is 11.7. The number of hydrogen-bond acceptors (Lipinski definition) is 2. The molecule has 0 saturated carbocycles. The first-order chi connectivity index (χ1) is 8.42. The molecule has 0 radical (unpaired) electrons. The predicted octanol–water partition coefficient (Wildman–Crippen LogP) is 3.50. The van der Waals surface area contributed by atoms with Gasteiger partial charge in [-0.25, -0.2) is 9.18 Å². The van der Waals surface area contributed by atoms with E-state index in [1.807, 2.05) is 6.92 Å². The summed E-state index contributed by atoms with van der Waals surface area (Å²) < 4.78 is 18.8. The molecule has 2 nitrogen and oxygen atoms in total. The molecule has 1 aromatic rings. The fourth-order valence-electron chi connectivity index (χ4n) is 2.43. The lowest BCUT2D eigenvalue weighted by molar-refractivity contribution is -0.155. The van der Waals surface area contributed by atoms with Crippen molar-refractivity contribution in [3.05, 3.63) is 47.3 Å². The molecule has 1 aliphatic rings. The second-order valence-electron chi connectivity index (χ2n) is 5.06. The fourth-order valence-corrected chi connectivity index (χ4v) is 2.43. The van der Waals surface area contributed by atoms with Gasteiger partial charge in [0.25, 0.3) is 0 Å². The van der Waals surface area contributed by atoms with E-state index in [-0.39, 0.29) is 5.82 Å². The highest BCUT2D eigenvalue weighted by molar-refractivity contribution is 5.87. The Morgan fingerprint density at radius 1 is 1.50 bits per heavy atom. The van der Waals surface area contributed by atoms with Crippen LogP contribution in [0.3, 0.4) is 0 Å². The van der Waals surface area contributed by atoms with Gasteiger partial charge in [-0.05, 0) is 56.4 Å². The van der Waals surface area contributed by atoms with Crippen LogP contribution in [0, 0.1) is 5.82 Å². The lowest BCUT2D eigenvalue weighted by Gasteiger charge is -2.35. The highest BCUT2D eigenvalue weighted by Crippen LogP contribution is 2.38. The molecule has 1 atom stereocenters. The number of hydrogen-bond donors (Lipinski definition) is 0. The van der Waals surface area contributed by atoms with Crippen molar-refractivity contribution in [2.24, 2.45) is 0 Å². The fraction of sp³-hybridized carbons (Fsp3) is 0.400. The Kier molecular flexibility index (Phi) is 3.24. The Bertz CT molecular complexity index is 507. The minimum absolute atomic E-state index is 0.246. The molecule has 0 spiro atoms. The van der Waals surface area contributed by atoms with E-state index in [1.54, 1.807) is 13.0 Å². The largest absolute Gasteiger partial charge is 0.451 e. The first kappa shape index (κ1) is 12.8. The van der Waals surface area contributed by atoms with Gasteiger partial charge in [0.2, 0.25) is 0 Å². The number of carbonyl (C=O) groups is 1. The van der Waals surface area contributed by atoms with Gasteiger partial charge < -0.3 is 4.74 Å². The van der Waals surface area contributed by atoms with E-state index in [9.17, 15) is 9.18 Å². The SMILES string of the molecule is C=C(C)C(=O)OC1(C)CCCc2cc(F)ccc21. The number of carbonyl (C=O) groups excluding carboxylic acids is 1. The monoisotopic (exact) mass is 248 g/mol. The maximum Gasteiger partial charge on any atom is 0.333 e. The number of aryl methyl sites for hydroxylation is 1. The molecule has 0 fully saturated rings. The quantitative estimate of drug-likeness (QED) is 0.591. The predicted molar refractivity (Wildman–Crippen MR) is 67.6 cm³/mol. The van der Waals surface area contributed by atoms with Crippen LogP contribution in [0.2, 0.25) is 0 Å². The highest BCUT2D eigenvalue weighted by atomic mass is 19.1. The van der Waals surface area contributed by atoms with E-state index in [4.69, 9.17) is 4.74 Å². The maximum atomic E-state index is 13.2. The van der Waals surface area contributed by atoms with Crippen molar-refractivity contribution in [3.8, 4) is 0 Å². The molecule has 0 N–H and O–H groups in total. The van der Waals surface area contributed by atoms with E-state index < -0.39 is 11.6 Å². The number of rotatable bonds is 2. The normalized spacial score (nSPS) is 22.2. The Morgan fingerprint density at radius 2 is 2.22 bits per heavy atom. The van der Waals surface area contributed by atoms with Gasteiger partial charge in [0.1, 0.15) is 11.4 Å². The summed E-state index contributed by atoms with van der Waals surface area (Å²) in [5, 5.41) is 0. The number of benzene rings is 1. The van der Waals surface area contributed by atoms with Gasteiger partial charge in [-0.1, -0.05) is 12.6 Å². The third-order valence-corrected chi connectivity index (χ3v) is 3.40. The molecule has 0 bridgehead atoms. The first-order valence-corrected chi connectivity index (χ1v) is 6.10. The van der Waals surface area contributed by atoms with E-state index in [0.29, 0.717) is 5.57 Å². The zero-order chi connectivity index (χ0) is 13.3. The van der Waals surface area contributed by atoms with Gasteiger partial charge in [0.15, 0.2) is 0 Å². The summed E-state index contributed by atoms with van der Waals surface area (Å²) in [6.45, 7) is 7.09. The Hall–Kier alpha value is -1.64. The van der Waals surface area contributed by atoms with Crippen LogP contribution in [0.25, 0.3) is 0 Å². The van der Waals surface area contributed by atoms with Crippen LogP contribution in [0.15, 0.2) is 30.4 Å². The molecule has 0 heterocycles. The third kappa shape index (κ3) is 2.30. The number of esters is 1. The van der Waals surface area contributed by atoms with Gasteiger partial charge in [-0.15, -0.1) is 0 Å². The topological polar surface area (TPSA) is 26.3 Å². The van der Waals surface area contributed by atoms with Crippen LogP contribution in [0.4, 0.5) is 4.39 Å². The summed E-state index contributed by atoms with van der Waals surface area (Å²) in [6, 6.07) is 4.66. The summed E-state index contributed by atoms with van der Waals surface area (Å²) in [5.41, 5.74) is 1.55. The average Bonchev–Trinajstić information content (AvgIpc) is 2.28. The van der Waals surface area contributed by atoms with Crippen molar-refractivity contribution in [2.45, 2.75) is 38.7 Å². The van der Waals surface area contributed by atoms with Crippen molar-refractivity contribution in [1.82, 2.24) is 0 Å². The molecule has 1 aromatic carbocycles. The standard InChI is InChI=1S/C15H17FO2/c1-10(2)14(17)18-15(3)8-4-5-11-9-12(16)6-7-13(11)15/h6-7,9H,1,4-5,8H2,2-3H3. The van der Waals surface area contributed by atoms with Crippen LogP contribution in [0.1, 0.15) is 37.8 Å². The van der Waals surface area contributed by atoms with E-state index >= 15 is 0 Å². The summed E-state index contributed by atoms with van der Waals surface area (Å²) in [7, 11) is 0. The summed E-state index contributed by atoms with van der Waals surface area (Å²) in [6.07, 6.45) is 2.47. The minimum Gasteiger partial charge on any atom is -0.451 e. The average molecular weight is 248 g/mol. The van der Waals surface area contributed by atoms with Crippen molar-refractivity contribution >= 4 is 5.97 Å². The molecule has 0 amide bonds. The van der Waals surface area contributed by atoms with Crippen LogP contribution in [-0.2, 0) is 21.6 Å². The Labute approximate surface area is 106 Å². The zero-order valence-corrected chi connectivity index (χ0v) is 10.8. The molecule has 0 aliphatic heterocycles. The lowest BCUT2D eigenvalue weighted by atomic mass is 9.80. The van der Waals surface area contributed by atoms with Crippen LogP contribution in [-0.4, -0.2) is 5.97 Å². The smallest absolute Gasteiger partial charge is 0.333 e. The Morgan fingerprint density at radius 3 is 2.89 bits per heavy atom. The Balaban J connectivity index is 2.36. The van der Waals surface area contributed by atoms with Gasteiger partial charge in [-0.2, -0.15) is 0 Å². The molecule has 1 unspecified atom stereocenters. The highest BCUT2D eigenvalue weighted by Gasteiger charge is 2.35. The van der Waals surface area contributed by atoms with Gasteiger partial charge in [-0.3, -0.25) is 0 Å². The van der Waals surface area contributed by atoms with E-state index in [2.05, 4.69) is 6.58 Å². The molecular weight excluding hydrogens is 231 g/mol. The molecule has 0 saturated heterocycles. The van der Waals surface area contributed by atoms with Gasteiger partial charge in [0.05, 0.1) is 0 Å². The lowest BCUT2D eigenvalue weighted by Crippen LogP contribution is -2.33. The molecule has 3 heteroatoms. The van der Waals surface area contributed by atoms with Crippen LogP contribution in [0.5, 0.6) is 0 Å². The second kappa shape index (κ2) is 4.56. The van der Waals surface area contributed by atoms with Crippen molar-refractivity contribution in [3.63, 3.8) is 0 Å². The second-order valence-corrected chi connectivity index (χ2v) is 5.06. The molecule has 0 aromatic heterocycles. The molecule has 2 rings (SSSR count). The molecule has 1 aliphatic carbocycles. The zero-order valence-electron chi connectivity index (χ0n) is 10.8. The molecule has 96 valence electrons. The van der Waals surface area contributed by atoms with Crippen LogP contribution < -0.4 is 0 Å². The molecular formula is C15H17FO2. The number of halogens is 1. The van der Waals surface area contributed by atoms with Crippen molar-refractivity contribution in [2.75, 3.05) is 0 Å². The molecule has 18 heavy (non-hydrogen) atoms. The van der Waals surface area contributed by atoms with E-state index in [0.717, 1.165) is 30.4 Å². The number of ether oxygens (including phenoxy) is 1. The van der Waals surface area contributed by atoms with Crippen molar-refractivity contribution < 1.29 is 13.9 Å². The van der Waals surface area contributed by atoms with Crippen molar-refractivity contribution in [1.29, 1.82) is 0 Å². The first-order valence-electron chi connectivity index (χ1n) is 6.10. The summed E-state index contributed by atoms with van der Waals surface area (Å²) >= 11 is 0. The van der Waals surface area contributed by atoms with Gasteiger partial charge in [0, 0.05) is 5.57 Å². The third-order valence-electron chi connectivity index (χ3n) is 3.40. The van der Waals surface area contributed by atoms with Gasteiger partial charge >= 0.3 is 5.97 Å².